The first-order chi connectivity index (χ1) is 7.24. The first kappa shape index (κ1) is 10.2. The topological polar surface area (TPSA) is 81.7 Å². The summed E-state index contributed by atoms with van der Waals surface area (Å²) < 4.78 is 5.81. The van der Waals surface area contributed by atoms with Gasteiger partial charge < -0.3 is 4.57 Å². The molecule has 0 spiro atoms. The average molecular weight is 224 g/mol. The maximum atomic E-state index is 5.54. The van der Waals surface area contributed by atoms with Crippen molar-refractivity contribution in [3.63, 3.8) is 0 Å². The van der Waals surface area contributed by atoms with Crippen LogP contribution in [0.5, 0.6) is 0 Å². The number of nitrogens with zero attached hydrogens (tertiary/aromatic N) is 4. The van der Waals surface area contributed by atoms with Crippen molar-refractivity contribution in [2.24, 2.45) is 12.9 Å². The van der Waals surface area contributed by atoms with Crippen molar-refractivity contribution < 1.29 is 0 Å². The quantitative estimate of drug-likeness (QED) is 0.572. The number of aryl methyl sites for hydroxylation is 2. The summed E-state index contributed by atoms with van der Waals surface area (Å²) >= 11 is 1.33. The van der Waals surface area contributed by atoms with Crippen molar-refractivity contribution in [2.75, 3.05) is 0 Å². The zero-order valence-corrected chi connectivity index (χ0v) is 9.32. The van der Waals surface area contributed by atoms with Crippen LogP contribution in [0.25, 0.3) is 0 Å². The Balaban J connectivity index is 2.41. The fraction of sp³-hybridized carbons (Fsp3) is 0.375. The molecule has 1 atom stereocenters. The Morgan fingerprint density at radius 1 is 1.60 bits per heavy atom. The second kappa shape index (κ2) is 4.05. The number of nitrogens with one attached hydrogen (secondary N) is 1. The summed E-state index contributed by atoms with van der Waals surface area (Å²) in [6, 6.07) is -0.148. The predicted molar refractivity (Wildman–Crippen MR) is 57.0 cm³/mol. The Kier molecular flexibility index (Phi) is 2.76. The highest BCUT2D eigenvalue weighted by Gasteiger charge is 2.21. The molecule has 1 unspecified atom stereocenters. The minimum atomic E-state index is -0.148. The number of hydrogen-bond donors (Lipinski definition) is 2. The number of imidazole rings is 1. The van der Waals surface area contributed by atoms with Gasteiger partial charge in [-0.25, -0.2) is 10.4 Å². The normalized spacial score (nSPS) is 13.0. The molecule has 0 radical (unpaired) electrons. The first-order valence-electron chi connectivity index (χ1n) is 4.46. The molecule has 80 valence electrons. The van der Waals surface area contributed by atoms with E-state index in [1.165, 1.54) is 11.5 Å². The van der Waals surface area contributed by atoms with Crippen LogP contribution >= 0.6 is 11.5 Å². The molecular formula is C8H12N6S. The summed E-state index contributed by atoms with van der Waals surface area (Å²) in [6.07, 6.45) is 3.62. The Bertz CT molecular complexity index is 407. The Morgan fingerprint density at radius 2 is 2.40 bits per heavy atom. The second-order valence-corrected chi connectivity index (χ2v) is 4.00. The molecule has 0 bridgehead atoms. The lowest BCUT2D eigenvalue weighted by Gasteiger charge is -2.13. The molecule has 2 aromatic rings. The SMILES string of the molecule is Cc1nnsc1C(NN)c1nccn1C. The van der Waals surface area contributed by atoms with Crippen molar-refractivity contribution in [1.29, 1.82) is 0 Å². The number of nitrogens with two attached hydrogens (primary N) is 1. The van der Waals surface area contributed by atoms with Gasteiger partial charge in [-0.1, -0.05) is 4.49 Å². The summed E-state index contributed by atoms with van der Waals surface area (Å²) in [5, 5.41) is 3.96. The number of rotatable bonds is 3. The molecule has 0 saturated carbocycles. The zero-order chi connectivity index (χ0) is 10.8. The van der Waals surface area contributed by atoms with Crippen LogP contribution in [-0.4, -0.2) is 19.1 Å². The smallest absolute Gasteiger partial charge is 0.132 e. The summed E-state index contributed by atoms with van der Waals surface area (Å²) in [4.78, 5) is 5.25. The average Bonchev–Trinajstić information content (AvgIpc) is 2.80. The maximum absolute atomic E-state index is 5.54. The number of aromatic nitrogens is 4. The van der Waals surface area contributed by atoms with Crippen LogP contribution in [0.4, 0.5) is 0 Å². The van der Waals surface area contributed by atoms with Crippen LogP contribution < -0.4 is 11.3 Å². The molecule has 2 aromatic heterocycles. The van der Waals surface area contributed by atoms with Gasteiger partial charge in [-0.05, 0) is 18.5 Å². The van der Waals surface area contributed by atoms with Crippen LogP contribution in [-0.2, 0) is 7.05 Å². The van der Waals surface area contributed by atoms with E-state index in [9.17, 15) is 0 Å². The van der Waals surface area contributed by atoms with Gasteiger partial charge in [0.25, 0.3) is 0 Å². The van der Waals surface area contributed by atoms with Gasteiger partial charge in [0.2, 0.25) is 0 Å². The number of hydrazine groups is 1. The van der Waals surface area contributed by atoms with Gasteiger partial charge in [0, 0.05) is 19.4 Å². The molecule has 3 N–H and O–H groups in total. The fourth-order valence-corrected chi connectivity index (χ4v) is 2.13. The van der Waals surface area contributed by atoms with Crippen LogP contribution in [0.3, 0.4) is 0 Å². The van der Waals surface area contributed by atoms with Gasteiger partial charge in [-0.15, -0.1) is 5.10 Å². The molecule has 0 amide bonds. The summed E-state index contributed by atoms with van der Waals surface area (Å²) in [5.41, 5.74) is 3.62. The molecular weight excluding hydrogens is 212 g/mol. The van der Waals surface area contributed by atoms with Gasteiger partial charge in [0.1, 0.15) is 11.9 Å². The third-order valence-corrected chi connectivity index (χ3v) is 3.12. The standard InChI is InChI=1S/C8H12N6S/c1-5-7(15-13-12-5)6(11-9)8-10-3-4-14(8)2/h3-4,6,11H,9H2,1-2H3. The summed E-state index contributed by atoms with van der Waals surface area (Å²) in [7, 11) is 1.93. The largest absolute Gasteiger partial charge is 0.336 e. The van der Waals surface area contributed by atoms with E-state index in [0.29, 0.717) is 0 Å². The second-order valence-electron chi connectivity index (χ2n) is 3.22. The Labute approximate surface area is 91.3 Å². The van der Waals surface area contributed by atoms with Crippen LogP contribution in [0.15, 0.2) is 12.4 Å². The molecule has 0 aliphatic heterocycles. The van der Waals surface area contributed by atoms with Gasteiger partial charge in [0.15, 0.2) is 0 Å². The van der Waals surface area contributed by atoms with E-state index in [-0.39, 0.29) is 6.04 Å². The van der Waals surface area contributed by atoms with Crippen molar-refractivity contribution in [2.45, 2.75) is 13.0 Å². The highest BCUT2D eigenvalue weighted by atomic mass is 32.1. The van der Waals surface area contributed by atoms with Gasteiger partial charge in [0.05, 0.1) is 10.6 Å². The molecule has 7 heteroatoms. The predicted octanol–water partition coefficient (Wildman–Crippen LogP) is 0.133. The summed E-state index contributed by atoms with van der Waals surface area (Å²) in [6.45, 7) is 1.91. The first-order valence-corrected chi connectivity index (χ1v) is 5.23. The van der Waals surface area contributed by atoms with E-state index < -0.39 is 0 Å². The third kappa shape index (κ3) is 1.76. The van der Waals surface area contributed by atoms with E-state index in [2.05, 4.69) is 20.0 Å². The zero-order valence-electron chi connectivity index (χ0n) is 8.51. The molecule has 0 aromatic carbocycles. The van der Waals surface area contributed by atoms with Gasteiger partial charge >= 0.3 is 0 Å². The molecule has 6 nitrogen and oxygen atoms in total. The number of hydrogen-bond acceptors (Lipinski definition) is 6. The van der Waals surface area contributed by atoms with Crippen molar-refractivity contribution in [3.05, 3.63) is 28.8 Å². The van der Waals surface area contributed by atoms with E-state index >= 15 is 0 Å². The lowest BCUT2D eigenvalue weighted by Crippen LogP contribution is -2.30. The molecule has 0 aliphatic rings. The monoisotopic (exact) mass is 224 g/mol. The van der Waals surface area contributed by atoms with Crippen LogP contribution in [0.2, 0.25) is 0 Å². The molecule has 0 fully saturated rings. The van der Waals surface area contributed by atoms with Gasteiger partial charge in [-0.2, -0.15) is 0 Å². The fourth-order valence-electron chi connectivity index (χ4n) is 1.43. The van der Waals surface area contributed by atoms with Crippen molar-refractivity contribution in [1.82, 2.24) is 24.6 Å². The van der Waals surface area contributed by atoms with Crippen LogP contribution in [0, 0.1) is 6.92 Å². The Hall–Kier alpha value is -1.31. The highest BCUT2D eigenvalue weighted by molar-refractivity contribution is 7.05. The molecule has 2 heterocycles. The molecule has 0 aliphatic carbocycles. The van der Waals surface area contributed by atoms with Crippen molar-refractivity contribution >= 4 is 11.5 Å². The summed E-state index contributed by atoms with van der Waals surface area (Å²) in [5.74, 6) is 6.39. The lowest BCUT2D eigenvalue weighted by atomic mass is 10.2. The third-order valence-electron chi connectivity index (χ3n) is 2.23. The van der Waals surface area contributed by atoms with E-state index in [4.69, 9.17) is 5.84 Å². The minimum absolute atomic E-state index is 0.148. The van der Waals surface area contributed by atoms with Crippen LogP contribution in [0.1, 0.15) is 22.4 Å². The van der Waals surface area contributed by atoms with Gasteiger partial charge in [-0.3, -0.25) is 5.84 Å². The van der Waals surface area contributed by atoms with E-state index in [0.717, 1.165) is 16.4 Å². The Morgan fingerprint density at radius 3 is 2.87 bits per heavy atom. The minimum Gasteiger partial charge on any atom is -0.336 e. The molecule has 15 heavy (non-hydrogen) atoms. The van der Waals surface area contributed by atoms with E-state index in [1.54, 1.807) is 6.20 Å². The lowest BCUT2D eigenvalue weighted by molar-refractivity contribution is 0.584. The maximum Gasteiger partial charge on any atom is 0.132 e. The molecule has 2 rings (SSSR count). The molecule has 0 saturated heterocycles. The van der Waals surface area contributed by atoms with E-state index in [1.807, 2.05) is 24.7 Å². The highest BCUT2D eigenvalue weighted by Crippen LogP contribution is 2.24. The van der Waals surface area contributed by atoms with Crippen molar-refractivity contribution in [3.8, 4) is 0 Å².